The van der Waals surface area contributed by atoms with Crippen molar-refractivity contribution in [3.8, 4) is 0 Å². The van der Waals surface area contributed by atoms with Crippen molar-refractivity contribution in [2.75, 3.05) is 6.61 Å². The van der Waals surface area contributed by atoms with Crippen LogP contribution in [0.5, 0.6) is 0 Å². The Hall–Kier alpha value is -3.70. The van der Waals surface area contributed by atoms with Crippen LogP contribution in [0.15, 0.2) is 78.4 Å². The minimum absolute atomic E-state index is 0.290. The molecule has 208 valence electrons. The van der Waals surface area contributed by atoms with Gasteiger partial charge >= 0.3 is 11.9 Å². The Kier molecular flexibility index (Phi) is 8.22. The smallest absolute Gasteiger partial charge is 0.338 e. The van der Waals surface area contributed by atoms with E-state index in [-0.39, 0.29) is 17.9 Å². The van der Waals surface area contributed by atoms with Gasteiger partial charge in [-0.2, -0.15) is 0 Å². The topological polar surface area (TPSA) is 78.6 Å². The fourth-order valence-corrected chi connectivity index (χ4v) is 6.22. The monoisotopic (exact) mass is 537 g/mol. The Morgan fingerprint density at radius 2 is 1.68 bits per heavy atom. The van der Waals surface area contributed by atoms with Gasteiger partial charge in [0.1, 0.15) is 12.1 Å². The number of benzene rings is 3. The summed E-state index contributed by atoms with van der Waals surface area (Å²) in [5.74, 6) is -0.376. The average Bonchev–Trinajstić information content (AvgIpc) is 3.52. The minimum Gasteiger partial charge on any atom is -0.462 e. The number of hydrogen-bond donors (Lipinski definition) is 1. The third-order valence-electron chi connectivity index (χ3n) is 8.16. The van der Waals surface area contributed by atoms with Crippen molar-refractivity contribution in [1.29, 1.82) is 0 Å². The van der Waals surface area contributed by atoms with Gasteiger partial charge in [-0.1, -0.05) is 93.1 Å². The van der Waals surface area contributed by atoms with Gasteiger partial charge in [0, 0.05) is 5.41 Å². The first kappa shape index (κ1) is 27.9. The van der Waals surface area contributed by atoms with E-state index >= 15 is 0 Å². The molecule has 0 aliphatic heterocycles. The zero-order chi connectivity index (χ0) is 28.3. The molecule has 3 aromatic rings. The molecule has 0 spiro atoms. The number of hydrogen-bond acceptors (Lipinski definition) is 5. The Balaban J connectivity index is 1.54. The second kappa shape index (κ2) is 11.8. The lowest BCUT2D eigenvalue weighted by atomic mass is 9.70. The number of ether oxygens (including phenoxy) is 2. The van der Waals surface area contributed by atoms with Gasteiger partial charge in [0.25, 0.3) is 0 Å². The number of carbonyl (C=O) groups is 2. The Labute approximate surface area is 237 Å². The molecule has 2 aliphatic carbocycles. The van der Waals surface area contributed by atoms with Crippen LogP contribution in [0.4, 0.5) is 0 Å². The minimum atomic E-state index is -0.673. The van der Waals surface area contributed by atoms with E-state index in [4.69, 9.17) is 15.2 Å². The van der Waals surface area contributed by atoms with Crippen molar-refractivity contribution in [2.24, 2.45) is 17.1 Å². The molecule has 0 unspecified atom stereocenters. The van der Waals surface area contributed by atoms with Gasteiger partial charge in [-0.3, -0.25) is 4.79 Å². The summed E-state index contributed by atoms with van der Waals surface area (Å²) in [5.41, 5.74) is 13.4. The fourth-order valence-electron chi connectivity index (χ4n) is 6.22. The van der Waals surface area contributed by atoms with Crippen molar-refractivity contribution in [3.63, 3.8) is 0 Å². The molecular formula is C35H39NO4. The standard InChI is InChI=1S/C35H39NO4/c1-4-17-39-33(37)25-15-13-24(14-16-25)21-35(29-19-26-9-5-6-10-27(26)20-29)22-28-11-7-8-12-30(28)32(35)40-34(38)31(36)18-23(2)3/h5-16,19,23,31-32H,4,17-18,20-22,36H2,1-3H3/t31-,32-,35+/m0/s1. The molecule has 5 heteroatoms. The van der Waals surface area contributed by atoms with Gasteiger partial charge < -0.3 is 15.2 Å². The van der Waals surface area contributed by atoms with E-state index in [0.29, 0.717) is 25.0 Å². The van der Waals surface area contributed by atoms with Gasteiger partial charge in [0.15, 0.2) is 0 Å². The maximum Gasteiger partial charge on any atom is 0.338 e. The summed E-state index contributed by atoms with van der Waals surface area (Å²) in [6.07, 6.45) is 5.38. The van der Waals surface area contributed by atoms with Crippen molar-refractivity contribution in [1.82, 2.24) is 0 Å². The lowest BCUT2D eigenvalue weighted by Gasteiger charge is -2.38. The van der Waals surface area contributed by atoms with Crippen LogP contribution in [0.1, 0.15) is 77.9 Å². The highest BCUT2D eigenvalue weighted by atomic mass is 16.5. The Bertz CT molecular complexity index is 1410. The summed E-state index contributed by atoms with van der Waals surface area (Å²) in [6.45, 7) is 6.50. The number of esters is 2. The van der Waals surface area contributed by atoms with Crippen molar-refractivity contribution < 1.29 is 19.1 Å². The molecule has 0 amide bonds. The zero-order valence-electron chi connectivity index (χ0n) is 23.7. The molecule has 40 heavy (non-hydrogen) atoms. The highest BCUT2D eigenvalue weighted by Crippen LogP contribution is 2.56. The summed E-state index contributed by atoms with van der Waals surface area (Å²) in [6, 6.07) is 23.7. The van der Waals surface area contributed by atoms with Crippen molar-refractivity contribution in [3.05, 3.63) is 112 Å². The quantitative estimate of drug-likeness (QED) is 0.294. The molecule has 0 radical (unpaired) electrons. The highest BCUT2D eigenvalue weighted by molar-refractivity contribution is 5.89. The van der Waals surface area contributed by atoms with Crippen molar-refractivity contribution >= 4 is 18.0 Å². The van der Waals surface area contributed by atoms with Crippen LogP contribution in [0.25, 0.3) is 6.08 Å². The molecule has 5 rings (SSSR count). The van der Waals surface area contributed by atoms with Gasteiger partial charge in [-0.15, -0.1) is 0 Å². The van der Waals surface area contributed by atoms with Gasteiger partial charge in [-0.05, 0) is 78.0 Å². The number of nitrogens with two attached hydrogens (primary N) is 1. The maximum absolute atomic E-state index is 13.4. The second-order valence-corrected chi connectivity index (χ2v) is 11.6. The third kappa shape index (κ3) is 5.62. The molecule has 2 N–H and O–H groups in total. The van der Waals surface area contributed by atoms with E-state index in [2.05, 4.69) is 56.3 Å². The van der Waals surface area contributed by atoms with Crippen LogP contribution >= 0.6 is 0 Å². The second-order valence-electron chi connectivity index (χ2n) is 11.6. The molecule has 0 heterocycles. The van der Waals surface area contributed by atoms with E-state index in [9.17, 15) is 9.59 Å². The van der Waals surface area contributed by atoms with Gasteiger partial charge in [-0.25, -0.2) is 4.79 Å². The summed E-state index contributed by atoms with van der Waals surface area (Å²) in [4.78, 5) is 25.8. The fraction of sp³-hybridized carbons (Fsp3) is 0.371. The predicted octanol–water partition coefficient (Wildman–Crippen LogP) is 6.64. The van der Waals surface area contributed by atoms with Crippen LogP contribution in [0.2, 0.25) is 0 Å². The number of carbonyl (C=O) groups excluding carboxylic acids is 2. The van der Waals surface area contributed by atoms with Crippen LogP contribution in [-0.4, -0.2) is 24.6 Å². The lowest BCUT2D eigenvalue weighted by Crippen LogP contribution is -2.39. The lowest BCUT2D eigenvalue weighted by molar-refractivity contribution is -0.156. The summed E-state index contributed by atoms with van der Waals surface area (Å²) in [7, 11) is 0. The first-order valence-electron chi connectivity index (χ1n) is 14.4. The van der Waals surface area contributed by atoms with E-state index in [1.54, 1.807) is 0 Å². The largest absolute Gasteiger partial charge is 0.462 e. The van der Waals surface area contributed by atoms with E-state index in [0.717, 1.165) is 30.4 Å². The molecule has 2 aliphatic rings. The Morgan fingerprint density at radius 3 is 2.38 bits per heavy atom. The average molecular weight is 538 g/mol. The normalized spacial score (nSPS) is 20.0. The van der Waals surface area contributed by atoms with E-state index < -0.39 is 17.6 Å². The molecule has 0 fully saturated rings. The molecule has 0 bridgehead atoms. The third-order valence-corrected chi connectivity index (χ3v) is 8.16. The van der Waals surface area contributed by atoms with Crippen LogP contribution in [-0.2, 0) is 33.5 Å². The SMILES string of the molecule is CCCOC(=O)c1ccc(C[C@]2(C3=Cc4ccccc4C3)Cc3ccccc3[C@@H]2OC(=O)[C@@H](N)CC(C)C)cc1. The summed E-state index contributed by atoms with van der Waals surface area (Å²) < 4.78 is 11.8. The molecule has 5 nitrogen and oxygen atoms in total. The van der Waals surface area contributed by atoms with Crippen molar-refractivity contribution in [2.45, 2.75) is 65.0 Å². The predicted molar refractivity (Wildman–Crippen MR) is 158 cm³/mol. The van der Waals surface area contributed by atoms with Crippen LogP contribution in [0, 0.1) is 11.3 Å². The number of rotatable bonds is 10. The number of fused-ring (bicyclic) bond motifs is 2. The summed E-state index contributed by atoms with van der Waals surface area (Å²) >= 11 is 0. The zero-order valence-corrected chi connectivity index (χ0v) is 23.7. The molecule has 3 aromatic carbocycles. The summed E-state index contributed by atoms with van der Waals surface area (Å²) in [5, 5.41) is 0. The van der Waals surface area contributed by atoms with Crippen LogP contribution < -0.4 is 5.73 Å². The van der Waals surface area contributed by atoms with E-state index in [1.807, 2.05) is 43.3 Å². The first-order valence-corrected chi connectivity index (χ1v) is 14.4. The first-order chi connectivity index (χ1) is 19.3. The molecular weight excluding hydrogens is 498 g/mol. The van der Waals surface area contributed by atoms with Crippen LogP contribution in [0.3, 0.4) is 0 Å². The van der Waals surface area contributed by atoms with Gasteiger partial charge in [0.2, 0.25) is 0 Å². The molecule has 3 atom stereocenters. The highest BCUT2D eigenvalue weighted by Gasteiger charge is 2.51. The molecule has 0 saturated heterocycles. The van der Waals surface area contributed by atoms with E-state index in [1.165, 1.54) is 22.3 Å². The molecule has 0 aromatic heterocycles. The Morgan fingerprint density at radius 1 is 0.975 bits per heavy atom. The van der Waals surface area contributed by atoms with Gasteiger partial charge in [0.05, 0.1) is 12.2 Å². The molecule has 0 saturated carbocycles. The maximum atomic E-state index is 13.4.